The summed E-state index contributed by atoms with van der Waals surface area (Å²) in [7, 11) is 0. The molecule has 0 radical (unpaired) electrons. The first kappa shape index (κ1) is 15.5. The zero-order valence-electron chi connectivity index (χ0n) is 11.5. The van der Waals surface area contributed by atoms with Crippen molar-refractivity contribution in [2.24, 2.45) is 0 Å². The second kappa shape index (κ2) is 7.11. The van der Waals surface area contributed by atoms with Crippen LogP contribution in [0.3, 0.4) is 0 Å². The van der Waals surface area contributed by atoms with Crippen molar-refractivity contribution in [1.82, 2.24) is 10.2 Å². The predicted octanol–water partition coefficient (Wildman–Crippen LogP) is 1.74. The number of carboxylic acids is 1. The Morgan fingerprint density at radius 1 is 1.16 bits per heavy atom. The first-order chi connectivity index (χ1) is 8.91. The number of urea groups is 1. The Labute approximate surface area is 113 Å². The smallest absolute Gasteiger partial charge is 0.324 e. The Morgan fingerprint density at radius 2 is 1.74 bits per heavy atom. The second-order valence-electron chi connectivity index (χ2n) is 5.14. The third-order valence-corrected chi connectivity index (χ3v) is 3.47. The number of hydrogen-bond donors (Lipinski definition) is 2. The van der Waals surface area contributed by atoms with Gasteiger partial charge in [-0.05, 0) is 39.5 Å². The van der Waals surface area contributed by atoms with Gasteiger partial charge in [-0.25, -0.2) is 4.79 Å². The van der Waals surface area contributed by atoms with Crippen LogP contribution in [0, 0.1) is 0 Å². The minimum atomic E-state index is -0.933. The van der Waals surface area contributed by atoms with E-state index in [1.54, 1.807) is 4.90 Å². The zero-order valence-corrected chi connectivity index (χ0v) is 11.5. The highest BCUT2D eigenvalue weighted by atomic mass is 16.4. The SMILES string of the molecule is C[C@@H]1CCC[C@H](C)N1C(=O)NC(=O)CCCC(=O)O. The molecule has 1 aliphatic heterocycles. The van der Waals surface area contributed by atoms with Crippen LogP contribution in [0.4, 0.5) is 4.79 Å². The Balaban J connectivity index is 2.40. The number of nitrogens with one attached hydrogen (secondary N) is 1. The van der Waals surface area contributed by atoms with Gasteiger partial charge in [-0.1, -0.05) is 0 Å². The summed E-state index contributed by atoms with van der Waals surface area (Å²) >= 11 is 0. The normalized spacial score (nSPS) is 22.9. The van der Waals surface area contributed by atoms with Crippen molar-refractivity contribution in [2.45, 2.75) is 64.5 Å². The summed E-state index contributed by atoms with van der Waals surface area (Å²) in [5.74, 6) is -1.34. The van der Waals surface area contributed by atoms with E-state index in [0.29, 0.717) is 0 Å². The van der Waals surface area contributed by atoms with Crippen molar-refractivity contribution in [3.05, 3.63) is 0 Å². The van der Waals surface area contributed by atoms with Crippen LogP contribution in [0.25, 0.3) is 0 Å². The lowest BCUT2D eigenvalue weighted by Crippen LogP contribution is -2.53. The fourth-order valence-corrected chi connectivity index (χ4v) is 2.47. The maximum Gasteiger partial charge on any atom is 0.324 e. The summed E-state index contributed by atoms with van der Waals surface area (Å²) in [4.78, 5) is 35.6. The molecule has 1 rings (SSSR count). The molecule has 1 saturated heterocycles. The highest BCUT2D eigenvalue weighted by Gasteiger charge is 2.29. The maximum atomic E-state index is 12.0. The van der Waals surface area contributed by atoms with E-state index in [4.69, 9.17) is 5.11 Å². The number of hydrogen-bond acceptors (Lipinski definition) is 3. The van der Waals surface area contributed by atoms with E-state index in [-0.39, 0.29) is 37.4 Å². The number of piperidine rings is 1. The van der Waals surface area contributed by atoms with Crippen LogP contribution >= 0.6 is 0 Å². The van der Waals surface area contributed by atoms with Gasteiger partial charge in [0.25, 0.3) is 0 Å². The van der Waals surface area contributed by atoms with Crippen molar-refractivity contribution < 1.29 is 19.5 Å². The molecule has 0 aromatic rings. The summed E-state index contributed by atoms with van der Waals surface area (Å²) < 4.78 is 0. The number of aliphatic carboxylic acids is 1. The average molecular weight is 270 g/mol. The molecule has 0 aliphatic carbocycles. The third-order valence-electron chi connectivity index (χ3n) is 3.47. The number of carbonyl (C=O) groups is 3. The van der Waals surface area contributed by atoms with Crippen molar-refractivity contribution in [3.63, 3.8) is 0 Å². The molecule has 6 heteroatoms. The molecule has 1 aliphatic rings. The van der Waals surface area contributed by atoms with Gasteiger partial charge in [-0.2, -0.15) is 0 Å². The molecule has 6 nitrogen and oxygen atoms in total. The quantitative estimate of drug-likeness (QED) is 0.814. The van der Waals surface area contributed by atoms with E-state index in [0.717, 1.165) is 19.3 Å². The predicted molar refractivity (Wildman–Crippen MR) is 69.6 cm³/mol. The molecule has 108 valence electrons. The van der Waals surface area contributed by atoms with Gasteiger partial charge in [0, 0.05) is 24.9 Å². The van der Waals surface area contributed by atoms with Crippen LogP contribution in [-0.4, -0.2) is 40.0 Å². The lowest BCUT2D eigenvalue weighted by Gasteiger charge is -2.38. The minimum Gasteiger partial charge on any atom is -0.481 e. The number of carboxylic acid groups (broad SMARTS) is 1. The van der Waals surface area contributed by atoms with Crippen LogP contribution in [-0.2, 0) is 9.59 Å². The fraction of sp³-hybridized carbons (Fsp3) is 0.769. The number of nitrogens with zero attached hydrogens (tertiary/aromatic N) is 1. The van der Waals surface area contributed by atoms with E-state index in [1.807, 2.05) is 13.8 Å². The van der Waals surface area contributed by atoms with Gasteiger partial charge in [-0.3, -0.25) is 14.9 Å². The van der Waals surface area contributed by atoms with Crippen molar-refractivity contribution in [1.29, 1.82) is 0 Å². The Bertz CT molecular complexity index is 347. The minimum absolute atomic E-state index is 0.0574. The van der Waals surface area contributed by atoms with Crippen LogP contribution in [0.2, 0.25) is 0 Å². The van der Waals surface area contributed by atoms with Crippen LogP contribution in [0.1, 0.15) is 52.4 Å². The molecule has 19 heavy (non-hydrogen) atoms. The largest absolute Gasteiger partial charge is 0.481 e. The number of carbonyl (C=O) groups excluding carboxylic acids is 2. The van der Waals surface area contributed by atoms with Gasteiger partial charge < -0.3 is 10.0 Å². The van der Waals surface area contributed by atoms with Crippen molar-refractivity contribution in [2.75, 3.05) is 0 Å². The molecule has 0 aromatic heterocycles. The van der Waals surface area contributed by atoms with Gasteiger partial charge in [0.1, 0.15) is 0 Å². The molecule has 1 heterocycles. The monoisotopic (exact) mass is 270 g/mol. The number of amides is 3. The summed E-state index contributed by atoms with van der Waals surface area (Å²) in [6.07, 6.45) is 3.25. The number of imide groups is 1. The second-order valence-corrected chi connectivity index (χ2v) is 5.14. The highest BCUT2D eigenvalue weighted by molar-refractivity contribution is 5.94. The first-order valence-corrected chi connectivity index (χ1v) is 6.75. The number of rotatable bonds is 4. The lowest BCUT2D eigenvalue weighted by molar-refractivity contribution is -0.137. The molecular formula is C13H22N2O4. The van der Waals surface area contributed by atoms with Crippen LogP contribution in [0.15, 0.2) is 0 Å². The fourth-order valence-electron chi connectivity index (χ4n) is 2.47. The summed E-state index contributed by atoms with van der Waals surface area (Å²) in [6.45, 7) is 3.95. The lowest BCUT2D eigenvalue weighted by atomic mass is 9.98. The van der Waals surface area contributed by atoms with Gasteiger partial charge in [0.05, 0.1) is 0 Å². The van der Waals surface area contributed by atoms with Crippen LogP contribution < -0.4 is 5.32 Å². The van der Waals surface area contributed by atoms with Gasteiger partial charge in [0.2, 0.25) is 5.91 Å². The molecule has 1 fully saturated rings. The maximum absolute atomic E-state index is 12.0. The molecule has 0 aromatic carbocycles. The average Bonchev–Trinajstić information content (AvgIpc) is 2.27. The van der Waals surface area contributed by atoms with Crippen LogP contribution in [0.5, 0.6) is 0 Å². The van der Waals surface area contributed by atoms with Gasteiger partial charge >= 0.3 is 12.0 Å². The summed E-state index contributed by atoms with van der Waals surface area (Å²) in [5.41, 5.74) is 0. The van der Waals surface area contributed by atoms with E-state index >= 15 is 0 Å². The molecule has 2 N–H and O–H groups in total. The van der Waals surface area contributed by atoms with Crippen molar-refractivity contribution >= 4 is 17.9 Å². The highest BCUT2D eigenvalue weighted by Crippen LogP contribution is 2.22. The van der Waals surface area contributed by atoms with E-state index in [1.165, 1.54) is 0 Å². The van der Waals surface area contributed by atoms with Crippen molar-refractivity contribution in [3.8, 4) is 0 Å². The zero-order chi connectivity index (χ0) is 14.4. The Hall–Kier alpha value is -1.59. The first-order valence-electron chi connectivity index (χ1n) is 6.75. The topological polar surface area (TPSA) is 86.7 Å². The van der Waals surface area contributed by atoms with E-state index in [2.05, 4.69) is 5.32 Å². The third kappa shape index (κ3) is 4.89. The number of likely N-dealkylation sites (tertiary alicyclic amines) is 1. The van der Waals surface area contributed by atoms with E-state index in [9.17, 15) is 14.4 Å². The molecule has 2 atom stereocenters. The van der Waals surface area contributed by atoms with Gasteiger partial charge in [-0.15, -0.1) is 0 Å². The molecular weight excluding hydrogens is 248 g/mol. The summed E-state index contributed by atoms with van der Waals surface area (Å²) in [6, 6.07) is -0.0915. The van der Waals surface area contributed by atoms with Gasteiger partial charge in [0.15, 0.2) is 0 Å². The summed E-state index contributed by atoms with van der Waals surface area (Å²) in [5, 5.41) is 10.8. The standard InChI is InChI=1S/C13H22N2O4/c1-9-5-3-6-10(2)15(9)13(19)14-11(16)7-4-8-12(17)18/h9-10H,3-8H2,1-2H3,(H,17,18)(H,14,16,19)/t9-,10+. The Morgan fingerprint density at radius 3 is 2.26 bits per heavy atom. The molecule has 3 amide bonds. The Kier molecular flexibility index (Phi) is 5.79. The molecule has 0 bridgehead atoms. The molecule has 0 spiro atoms. The molecule has 0 unspecified atom stereocenters. The van der Waals surface area contributed by atoms with E-state index < -0.39 is 11.9 Å². The molecule has 0 saturated carbocycles.